The van der Waals surface area contributed by atoms with Gasteiger partial charge in [-0.3, -0.25) is 0 Å². The second-order valence-corrected chi connectivity index (χ2v) is 4.26. The van der Waals surface area contributed by atoms with Crippen LogP contribution in [0.25, 0.3) is 0 Å². The molecule has 0 atom stereocenters. The van der Waals surface area contributed by atoms with Gasteiger partial charge in [0.2, 0.25) is 0 Å². The van der Waals surface area contributed by atoms with E-state index < -0.39 is 0 Å². The normalized spacial score (nSPS) is 17.8. The van der Waals surface area contributed by atoms with Crippen molar-refractivity contribution >= 4 is 5.82 Å². The Bertz CT molecular complexity index is 336. The highest BCUT2D eigenvalue weighted by atomic mass is 16.3. The first kappa shape index (κ1) is 11.4. The molecule has 0 bridgehead atoms. The number of hydrogen-bond donors (Lipinski definition) is 2. The summed E-state index contributed by atoms with van der Waals surface area (Å²) in [6, 6.07) is 5.72. The molecule has 1 aromatic rings. The topological polar surface area (TPSA) is 56.6 Å². The molecule has 0 saturated carbocycles. The van der Waals surface area contributed by atoms with E-state index in [1.165, 1.54) is 0 Å². The van der Waals surface area contributed by atoms with E-state index in [2.05, 4.69) is 9.88 Å². The quantitative estimate of drug-likeness (QED) is 0.793. The van der Waals surface area contributed by atoms with Crippen molar-refractivity contribution in [3.63, 3.8) is 0 Å². The van der Waals surface area contributed by atoms with Gasteiger partial charge in [-0.05, 0) is 30.9 Å². The summed E-state index contributed by atoms with van der Waals surface area (Å²) in [5.41, 5.74) is 0.710. The van der Waals surface area contributed by atoms with Crippen molar-refractivity contribution in [2.75, 3.05) is 24.6 Å². The van der Waals surface area contributed by atoms with E-state index in [0.717, 1.165) is 31.7 Å². The molecule has 1 aromatic heterocycles. The van der Waals surface area contributed by atoms with E-state index in [-0.39, 0.29) is 13.2 Å². The molecule has 0 aliphatic carbocycles. The Morgan fingerprint density at radius 1 is 1.25 bits per heavy atom. The third-order valence-corrected chi connectivity index (χ3v) is 3.15. The lowest BCUT2D eigenvalue weighted by molar-refractivity contribution is 0.202. The fourth-order valence-electron chi connectivity index (χ4n) is 2.08. The summed E-state index contributed by atoms with van der Waals surface area (Å²) in [6.45, 7) is 2.15. The van der Waals surface area contributed by atoms with E-state index in [1.54, 1.807) is 0 Å². The molecule has 0 spiro atoms. The zero-order valence-corrected chi connectivity index (χ0v) is 9.34. The van der Waals surface area contributed by atoms with Gasteiger partial charge in [-0.1, -0.05) is 6.07 Å². The van der Waals surface area contributed by atoms with Crippen LogP contribution in [0.5, 0.6) is 0 Å². The minimum absolute atomic E-state index is 0.0130. The number of nitrogens with zero attached hydrogens (tertiary/aromatic N) is 2. The van der Waals surface area contributed by atoms with E-state index in [1.807, 2.05) is 18.2 Å². The Labute approximate surface area is 95.5 Å². The lowest BCUT2D eigenvalue weighted by Crippen LogP contribution is -2.35. The monoisotopic (exact) mass is 222 g/mol. The number of aliphatic hydroxyl groups excluding tert-OH is 2. The summed E-state index contributed by atoms with van der Waals surface area (Å²) in [4.78, 5) is 6.59. The van der Waals surface area contributed by atoms with Crippen LogP contribution in [0.1, 0.15) is 18.5 Å². The summed E-state index contributed by atoms with van der Waals surface area (Å²) < 4.78 is 0. The van der Waals surface area contributed by atoms with Crippen LogP contribution in [-0.2, 0) is 6.61 Å². The number of anilines is 1. The summed E-state index contributed by atoms with van der Waals surface area (Å²) >= 11 is 0. The molecule has 88 valence electrons. The maximum atomic E-state index is 9.06. The van der Waals surface area contributed by atoms with E-state index in [9.17, 15) is 0 Å². The highest BCUT2D eigenvalue weighted by molar-refractivity contribution is 5.39. The number of aromatic nitrogens is 1. The minimum atomic E-state index is -0.0130. The fraction of sp³-hybridized carbons (Fsp3) is 0.583. The number of pyridine rings is 1. The average Bonchev–Trinajstić information content (AvgIpc) is 2.39. The second kappa shape index (κ2) is 5.27. The molecular weight excluding hydrogens is 204 g/mol. The second-order valence-electron chi connectivity index (χ2n) is 4.26. The summed E-state index contributed by atoms with van der Waals surface area (Å²) in [5, 5.41) is 18.1. The van der Waals surface area contributed by atoms with Crippen molar-refractivity contribution in [2.45, 2.75) is 19.4 Å². The van der Waals surface area contributed by atoms with Gasteiger partial charge in [-0.15, -0.1) is 0 Å². The van der Waals surface area contributed by atoms with Gasteiger partial charge in [0.15, 0.2) is 0 Å². The van der Waals surface area contributed by atoms with E-state index in [0.29, 0.717) is 11.6 Å². The molecule has 2 rings (SSSR count). The number of aliphatic hydroxyl groups is 2. The lowest BCUT2D eigenvalue weighted by atomic mass is 9.98. The number of hydrogen-bond acceptors (Lipinski definition) is 4. The zero-order valence-electron chi connectivity index (χ0n) is 9.34. The Balaban J connectivity index is 2.02. The molecule has 16 heavy (non-hydrogen) atoms. The van der Waals surface area contributed by atoms with Gasteiger partial charge < -0.3 is 15.1 Å². The van der Waals surface area contributed by atoms with E-state index >= 15 is 0 Å². The smallest absolute Gasteiger partial charge is 0.128 e. The molecule has 1 fully saturated rings. The molecule has 0 unspecified atom stereocenters. The first-order chi connectivity index (χ1) is 7.83. The molecule has 0 amide bonds. The molecular formula is C12H18N2O2. The molecule has 2 heterocycles. The minimum Gasteiger partial charge on any atom is -0.396 e. The summed E-state index contributed by atoms with van der Waals surface area (Å²) in [6.07, 6.45) is 2.03. The van der Waals surface area contributed by atoms with Crippen LogP contribution in [0.4, 0.5) is 5.82 Å². The van der Waals surface area contributed by atoms with Crippen LogP contribution in [0.2, 0.25) is 0 Å². The maximum absolute atomic E-state index is 9.06. The van der Waals surface area contributed by atoms with Crippen molar-refractivity contribution in [3.05, 3.63) is 23.9 Å². The zero-order chi connectivity index (χ0) is 11.4. The summed E-state index contributed by atoms with van der Waals surface area (Å²) in [5.74, 6) is 1.38. The molecule has 4 nitrogen and oxygen atoms in total. The van der Waals surface area contributed by atoms with Gasteiger partial charge in [0.05, 0.1) is 12.3 Å². The van der Waals surface area contributed by atoms with Crippen molar-refractivity contribution in [3.8, 4) is 0 Å². The third kappa shape index (κ3) is 2.51. The van der Waals surface area contributed by atoms with Crippen molar-refractivity contribution in [1.29, 1.82) is 0 Å². The van der Waals surface area contributed by atoms with Crippen LogP contribution in [0, 0.1) is 5.92 Å². The molecule has 4 heteroatoms. The predicted octanol–water partition coefficient (Wildman–Crippen LogP) is 0.783. The largest absolute Gasteiger partial charge is 0.396 e. The Hall–Kier alpha value is -1.13. The maximum Gasteiger partial charge on any atom is 0.128 e. The molecule has 1 saturated heterocycles. The van der Waals surface area contributed by atoms with Crippen molar-refractivity contribution in [2.24, 2.45) is 5.92 Å². The van der Waals surface area contributed by atoms with Crippen LogP contribution < -0.4 is 4.90 Å². The van der Waals surface area contributed by atoms with Crippen molar-refractivity contribution in [1.82, 2.24) is 4.98 Å². The Morgan fingerprint density at radius 2 is 2.00 bits per heavy atom. The molecule has 0 aromatic carbocycles. The predicted molar refractivity (Wildman–Crippen MR) is 62.2 cm³/mol. The standard InChI is InChI=1S/C12H18N2O2/c15-8-10-4-6-14(7-5-10)12-3-1-2-11(9-16)13-12/h1-3,10,15-16H,4-9H2. The first-order valence-electron chi connectivity index (χ1n) is 5.76. The Kier molecular flexibility index (Phi) is 3.74. The summed E-state index contributed by atoms with van der Waals surface area (Å²) in [7, 11) is 0. The van der Waals surface area contributed by atoms with Gasteiger partial charge in [0, 0.05) is 19.7 Å². The van der Waals surface area contributed by atoms with Crippen LogP contribution in [0.3, 0.4) is 0 Å². The number of piperidine rings is 1. The highest BCUT2D eigenvalue weighted by Crippen LogP contribution is 2.21. The molecule has 1 aliphatic rings. The molecule has 2 N–H and O–H groups in total. The number of rotatable bonds is 3. The van der Waals surface area contributed by atoms with Gasteiger partial charge in [-0.25, -0.2) is 4.98 Å². The van der Waals surface area contributed by atoms with Gasteiger partial charge in [-0.2, -0.15) is 0 Å². The highest BCUT2D eigenvalue weighted by Gasteiger charge is 2.19. The van der Waals surface area contributed by atoms with Gasteiger partial charge >= 0.3 is 0 Å². The van der Waals surface area contributed by atoms with Gasteiger partial charge in [0.25, 0.3) is 0 Å². The van der Waals surface area contributed by atoms with Crippen LogP contribution >= 0.6 is 0 Å². The van der Waals surface area contributed by atoms with Crippen LogP contribution in [-0.4, -0.2) is 34.9 Å². The fourth-order valence-corrected chi connectivity index (χ4v) is 2.08. The van der Waals surface area contributed by atoms with Crippen molar-refractivity contribution < 1.29 is 10.2 Å². The lowest BCUT2D eigenvalue weighted by Gasteiger charge is -2.32. The average molecular weight is 222 g/mol. The third-order valence-electron chi connectivity index (χ3n) is 3.15. The first-order valence-corrected chi connectivity index (χ1v) is 5.76. The van der Waals surface area contributed by atoms with Gasteiger partial charge in [0.1, 0.15) is 5.82 Å². The SMILES string of the molecule is OCc1cccc(N2CCC(CO)CC2)n1. The van der Waals surface area contributed by atoms with E-state index in [4.69, 9.17) is 10.2 Å². The molecule has 1 aliphatic heterocycles. The Morgan fingerprint density at radius 3 is 2.62 bits per heavy atom. The molecule has 0 radical (unpaired) electrons. The van der Waals surface area contributed by atoms with Crippen LogP contribution in [0.15, 0.2) is 18.2 Å².